The fraction of sp³-hybridized carbons (Fsp3) is 0.824. The Morgan fingerprint density at radius 2 is 2.00 bits per heavy atom. The molecule has 1 fully saturated rings. The van der Waals surface area contributed by atoms with E-state index in [4.69, 9.17) is 0 Å². The van der Waals surface area contributed by atoms with Crippen LogP contribution in [0.3, 0.4) is 0 Å². The van der Waals surface area contributed by atoms with Crippen LogP contribution in [0.5, 0.6) is 0 Å². The lowest BCUT2D eigenvalue weighted by molar-refractivity contribution is 0.189. The van der Waals surface area contributed by atoms with Gasteiger partial charge in [0.15, 0.2) is 0 Å². The molecule has 1 aromatic heterocycles. The summed E-state index contributed by atoms with van der Waals surface area (Å²) in [6.07, 6.45) is 8.31. The van der Waals surface area contributed by atoms with E-state index in [1.54, 1.807) is 11.3 Å². The number of aromatic nitrogens is 1. The van der Waals surface area contributed by atoms with E-state index in [0.29, 0.717) is 6.04 Å². The van der Waals surface area contributed by atoms with Gasteiger partial charge in [0.05, 0.1) is 10.7 Å². The lowest BCUT2D eigenvalue weighted by Gasteiger charge is -2.31. The zero-order chi connectivity index (χ0) is 15.2. The summed E-state index contributed by atoms with van der Waals surface area (Å²) in [7, 11) is 2.30. The third-order valence-electron chi connectivity index (χ3n) is 4.69. The van der Waals surface area contributed by atoms with Crippen LogP contribution in [0.2, 0.25) is 0 Å². The normalized spacial score (nSPS) is 18.3. The molecule has 0 saturated heterocycles. The van der Waals surface area contributed by atoms with Crippen molar-refractivity contribution in [1.82, 2.24) is 15.2 Å². The molecule has 0 amide bonds. The molecule has 1 unspecified atom stereocenters. The summed E-state index contributed by atoms with van der Waals surface area (Å²) >= 11 is 1.80. The van der Waals surface area contributed by atoms with Gasteiger partial charge in [-0.3, -0.25) is 0 Å². The Balaban J connectivity index is 1.66. The molecule has 1 aliphatic rings. The van der Waals surface area contributed by atoms with Crippen LogP contribution in [0.15, 0.2) is 0 Å². The van der Waals surface area contributed by atoms with Crippen molar-refractivity contribution in [3.8, 4) is 0 Å². The van der Waals surface area contributed by atoms with Gasteiger partial charge < -0.3 is 10.2 Å². The minimum atomic E-state index is 0.370. The van der Waals surface area contributed by atoms with Crippen LogP contribution in [0, 0.1) is 13.8 Å². The Kier molecular flexibility index (Phi) is 6.65. The zero-order valence-electron chi connectivity index (χ0n) is 14.1. The Labute approximate surface area is 134 Å². The standard InChI is InChI=1S/C17H31N3S/c1-13(17-14(2)21-15(3)19-17)18-11-8-12-20(4)16-9-6-5-7-10-16/h13,16,18H,5-12H2,1-4H3. The van der Waals surface area contributed by atoms with Gasteiger partial charge in [-0.25, -0.2) is 4.98 Å². The van der Waals surface area contributed by atoms with Gasteiger partial charge in [0, 0.05) is 17.0 Å². The van der Waals surface area contributed by atoms with Crippen LogP contribution in [0.25, 0.3) is 0 Å². The largest absolute Gasteiger partial charge is 0.309 e. The predicted molar refractivity (Wildman–Crippen MR) is 92.1 cm³/mol. The predicted octanol–water partition coefficient (Wildman–Crippen LogP) is 4.07. The van der Waals surface area contributed by atoms with E-state index in [-0.39, 0.29) is 0 Å². The fourth-order valence-corrected chi connectivity index (χ4v) is 4.31. The molecule has 0 radical (unpaired) electrons. The monoisotopic (exact) mass is 309 g/mol. The van der Waals surface area contributed by atoms with Gasteiger partial charge in [-0.1, -0.05) is 19.3 Å². The topological polar surface area (TPSA) is 28.2 Å². The van der Waals surface area contributed by atoms with Crippen molar-refractivity contribution < 1.29 is 0 Å². The Hall–Kier alpha value is -0.450. The maximum absolute atomic E-state index is 4.64. The Bertz CT molecular complexity index is 424. The quantitative estimate of drug-likeness (QED) is 0.770. The van der Waals surface area contributed by atoms with E-state index >= 15 is 0 Å². The highest BCUT2D eigenvalue weighted by Gasteiger charge is 2.17. The Morgan fingerprint density at radius 1 is 1.29 bits per heavy atom. The second-order valence-electron chi connectivity index (χ2n) is 6.48. The van der Waals surface area contributed by atoms with Crippen molar-refractivity contribution in [2.75, 3.05) is 20.1 Å². The third-order valence-corrected chi connectivity index (χ3v) is 5.59. The molecule has 3 nitrogen and oxygen atoms in total. The molecule has 0 bridgehead atoms. The van der Waals surface area contributed by atoms with E-state index < -0.39 is 0 Å². The lowest BCUT2D eigenvalue weighted by atomic mass is 9.94. The van der Waals surface area contributed by atoms with E-state index in [2.05, 4.69) is 43.0 Å². The highest BCUT2D eigenvalue weighted by atomic mass is 32.1. The zero-order valence-corrected chi connectivity index (χ0v) is 14.9. The molecule has 21 heavy (non-hydrogen) atoms. The smallest absolute Gasteiger partial charge is 0.0900 e. The summed E-state index contributed by atoms with van der Waals surface area (Å²) in [6.45, 7) is 8.78. The molecular formula is C17H31N3S. The average molecular weight is 310 g/mol. The van der Waals surface area contributed by atoms with Crippen LogP contribution in [0.4, 0.5) is 0 Å². The van der Waals surface area contributed by atoms with Crippen molar-refractivity contribution in [3.63, 3.8) is 0 Å². The summed E-state index contributed by atoms with van der Waals surface area (Å²) < 4.78 is 0. The summed E-state index contributed by atoms with van der Waals surface area (Å²) in [5.41, 5.74) is 1.23. The number of aryl methyl sites for hydroxylation is 2. The molecule has 1 aliphatic carbocycles. The van der Waals surface area contributed by atoms with Crippen LogP contribution < -0.4 is 5.32 Å². The molecule has 1 aromatic rings. The van der Waals surface area contributed by atoms with Gasteiger partial charge in [-0.15, -0.1) is 11.3 Å². The summed E-state index contributed by atoms with van der Waals surface area (Å²) in [6, 6.07) is 1.20. The van der Waals surface area contributed by atoms with Crippen LogP contribution in [-0.4, -0.2) is 36.1 Å². The first-order chi connectivity index (χ1) is 10.1. The number of nitrogens with zero attached hydrogens (tertiary/aromatic N) is 2. The minimum Gasteiger partial charge on any atom is -0.309 e. The molecule has 2 rings (SSSR count). The molecule has 120 valence electrons. The highest BCUT2D eigenvalue weighted by molar-refractivity contribution is 7.11. The summed E-state index contributed by atoms with van der Waals surface area (Å²) in [5.74, 6) is 0. The first kappa shape index (κ1) is 16.9. The fourth-order valence-electron chi connectivity index (χ4n) is 3.39. The van der Waals surface area contributed by atoms with Crippen LogP contribution in [0.1, 0.15) is 67.1 Å². The first-order valence-corrected chi connectivity index (χ1v) is 9.27. The van der Waals surface area contributed by atoms with Crippen LogP contribution >= 0.6 is 11.3 Å². The average Bonchev–Trinajstić information content (AvgIpc) is 2.83. The molecule has 0 aliphatic heterocycles. The van der Waals surface area contributed by atoms with Crippen molar-refractivity contribution >= 4 is 11.3 Å². The maximum Gasteiger partial charge on any atom is 0.0900 e. The number of hydrogen-bond donors (Lipinski definition) is 1. The van der Waals surface area contributed by atoms with Gasteiger partial charge in [-0.05, 0) is 60.2 Å². The molecule has 0 aromatic carbocycles. The lowest BCUT2D eigenvalue weighted by Crippen LogP contribution is -2.35. The number of nitrogens with one attached hydrogen (secondary N) is 1. The molecule has 1 saturated carbocycles. The second kappa shape index (κ2) is 8.25. The van der Waals surface area contributed by atoms with Crippen molar-refractivity contribution in [3.05, 3.63) is 15.6 Å². The van der Waals surface area contributed by atoms with Gasteiger partial charge >= 0.3 is 0 Å². The first-order valence-electron chi connectivity index (χ1n) is 8.45. The van der Waals surface area contributed by atoms with Gasteiger partial charge in [-0.2, -0.15) is 0 Å². The van der Waals surface area contributed by atoms with Gasteiger partial charge in [0.2, 0.25) is 0 Å². The molecule has 1 atom stereocenters. The van der Waals surface area contributed by atoms with Gasteiger partial charge in [0.1, 0.15) is 0 Å². The van der Waals surface area contributed by atoms with Gasteiger partial charge in [0.25, 0.3) is 0 Å². The van der Waals surface area contributed by atoms with Crippen molar-refractivity contribution in [2.45, 2.75) is 71.4 Å². The summed E-state index contributed by atoms with van der Waals surface area (Å²) in [4.78, 5) is 8.57. The molecule has 0 spiro atoms. The van der Waals surface area contributed by atoms with Crippen molar-refractivity contribution in [2.24, 2.45) is 0 Å². The van der Waals surface area contributed by atoms with E-state index in [0.717, 1.165) is 12.6 Å². The minimum absolute atomic E-state index is 0.370. The number of thiazole rings is 1. The molecular weight excluding hydrogens is 278 g/mol. The molecule has 4 heteroatoms. The molecule has 1 heterocycles. The van der Waals surface area contributed by atoms with E-state index in [9.17, 15) is 0 Å². The van der Waals surface area contributed by atoms with E-state index in [1.807, 2.05) is 0 Å². The SMILES string of the molecule is Cc1nc(C(C)NCCCN(C)C2CCCCC2)c(C)s1. The number of hydrogen-bond acceptors (Lipinski definition) is 4. The highest BCUT2D eigenvalue weighted by Crippen LogP contribution is 2.23. The number of rotatable bonds is 7. The van der Waals surface area contributed by atoms with Crippen molar-refractivity contribution in [1.29, 1.82) is 0 Å². The summed E-state index contributed by atoms with van der Waals surface area (Å²) in [5, 5.41) is 4.80. The second-order valence-corrected chi connectivity index (χ2v) is 7.88. The Morgan fingerprint density at radius 3 is 2.62 bits per heavy atom. The third kappa shape index (κ3) is 5.04. The maximum atomic E-state index is 4.64. The van der Waals surface area contributed by atoms with Crippen LogP contribution in [-0.2, 0) is 0 Å². The van der Waals surface area contributed by atoms with E-state index in [1.165, 1.54) is 60.6 Å². The molecule has 1 N–H and O–H groups in total.